The van der Waals surface area contributed by atoms with Gasteiger partial charge in [-0.05, 0) is 59.7 Å². The fourth-order valence-corrected chi connectivity index (χ4v) is 3.83. The Morgan fingerprint density at radius 1 is 1.19 bits per heavy atom. The molecule has 136 valence electrons. The number of rotatable bonds is 4. The highest BCUT2D eigenvalue weighted by atomic mass is 79.9. The molecule has 0 saturated carbocycles. The molecule has 5 nitrogen and oxygen atoms in total. The molecule has 3 heterocycles. The van der Waals surface area contributed by atoms with E-state index in [9.17, 15) is 0 Å². The summed E-state index contributed by atoms with van der Waals surface area (Å²) in [7, 11) is 1.70. The summed E-state index contributed by atoms with van der Waals surface area (Å²) in [6.07, 6.45) is 3.28. The standard InChI is InChI=1S/C20H23BrN4O/c1-26-17-5-2-4-15(12-17)20-18(14-24-10-3-8-22-9-11-24)25-13-16(21)6-7-19(25)23-20/h2,4-7,12-13,22H,3,8-11,14H2,1H3. The average molecular weight is 415 g/mol. The molecule has 26 heavy (non-hydrogen) atoms. The maximum absolute atomic E-state index is 5.42. The van der Waals surface area contributed by atoms with Crippen LogP contribution in [0.15, 0.2) is 47.1 Å². The molecule has 0 atom stereocenters. The first-order valence-electron chi connectivity index (χ1n) is 8.98. The largest absolute Gasteiger partial charge is 0.497 e. The molecular formula is C20H23BrN4O. The lowest BCUT2D eigenvalue weighted by Crippen LogP contribution is -2.28. The van der Waals surface area contributed by atoms with Crippen molar-refractivity contribution in [1.82, 2.24) is 19.6 Å². The Morgan fingerprint density at radius 2 is 2.12 bits per heavy atom. The zero-order chi connectivity index (χ0) is 17.9. The zero-order valence-electron chi connectivity index (χ0n) is 14.9. The molecule has 1 saturated heterocycles. The summed E-state index contributed by atoms with van der Waals surface area (Å²) in [5.74, 6) is 0.852. The van der Waals surface area contributed by atoms with Gasteiger partial charge in [0, 0.05) is 35.9 Å². The van der Waals surface area contributed by atoms with Gasteiger partial charge in [0.2, 0.25) is 0 Å². The van der Waals surface area contributed by atoms with E-state index >= 15 is 0 Å². The lowest BCUT2D eigenvalue weighted by molar-refractivity contribution is 0.281. The van der Waals surface area contributed by atoms with Gasteiger partial charge in [0.1, 0.15) is 11.4 Å². The van der Waals surface area contributed by atoms with E-state index < -0.39 is 0 Å². The highest BCUT2D eigenvalue weighted by molar-refractivity contribution is 9.10. The number of halogens is 1. The van der Waals surface area contributed by atoms with Gasteiger partial charge in [-0.1, -0.05) is 12.1 Å². The second kappa shape index (κ2) is 7.78. The summed E-state index contributed by atoms with van der Waals surface area (Å²) in [6, 6.07) is 12.2. The van der Waals surface area contributed by atoms with Gasteiger partial charge in [-0.3, -0.25) is 4.90 Å². The van der Waals surface area contributed by atoms with Crippen molar-refractivity contribution in [3.63, 3.8) is 0 Å². The molecule has 1 aliphatic rings. The van der Waals surface area contributed by atoms with Crippen LogP contribution in [0.3, 0.4) is 0 Å². The van der Waals surface area contributed by atoms with E-state index in [2.05, 4.69) is 54.9 Å². The van der Waals surface area contributed by atoms with Crippen molar-refractivity contribution >= 4 is 21.6 Å². The number of aromatic nitrogens is 2. The quantitative estimate of drug-likeness (QED) is 0.708. The fraction of sp³-hybridized carbons (Fsp3) is 0.350. The SMILES string of the molecule is COc1cccc(-c2nc3ccc(Br)cn3c2CN2CCCNCC2)c1. The van der Waals surface area contributed by atoms with Crippen molar-refractivity contribution in [2.75, 3.05) is 33.3 Å². The lowest BCUT2D eigenvalue weighted by Gasteiger charge is -2.20. The molecule has 1 fully saturated rings. The van der Waals surface area contributed by atoms with Crippen molar-refractivity contribution in [3.8, 4) is 17.0 Å². The minimum Gasteiger partial charge on any atom is -0.497 e. The van der Waals surface area contributed by atoms with Crippen LogP contribution in [0.4, 0.5) is 0 Å². The monoisotopic (exact) mass is 414 g/mol. The molecule has 0 unspecified atom stereocenters. The van der Waals surface area contributed by atoms with Crippen molar-refractivity contribution in [3.05, 3.63) is 52.8 Å². The third-order valence-electron chi connectivity index (χ3n) is 4.83. The van der Waals surface area contributed by atoms with Gasteiger partial charge >= 0.3 is 0 Å². The molecule has 1 aliphatic heterocycles. The minimum atomic E-state index is 0.852. The Hall–Kier alpha value is -1.89. The van der Waals surface area contributed by atoms with Gasteiger partial charge in [0.05, 0.1) is 18.5 Å². The van der Waals surface area contributed by atoms with E-state index in [4.69, 9.17) is 9.72 Å². The maximum atomic E-state index is 5.42. The second-order valence-electron chi connectivity index (χ2n) is 6.59. The normalized spacial score (nSPS) is 15.9. The topological polar surface area (TPSA) is 41.8 Å². The molecule has 1 N–H and O–H groups in total. The Kier molecular flexibility index (Phi) is 5.24. The van der Waals surface area contributed by atoms with Crippen LogP contribution >= 0.6 is 15.9 Å². The average Bonchev–Trinajstić information content (AvgIpc) is 2.83. The first-order valence-corrected chi connectivity index (χ1v) is 9.78. The lowest BCUT2D eigenvalue weighted by atomic mass is 10.1. The van der Waals surface area contributed by atoms with Crippen LogP contribution < -0.4 is 10.1 Å². The van der Waals surface area contributed by atoms with Crippen LogP contribution in [0.5, 0.6) is 5.75 Å². The van der Waals surface area contributed by atoms with Crippen molar-refractivity contribution in [2.45, 2.75) is 13.0 Å². The summed E-state index contributed by atoms with van der Waals surface area (Å²) >= 11 is 3.60. The smallest absolute Gasteiger partial charge is 0.137 e. The van der Waals surface area contributed by atoms with E-state index in [1.54, 1.807) is 7.11 Å². The van der Waals surface area contributed by atoms with Crippen LogP contribution in [0.1, 0.15) is 12.1 Å². The summed E-state index contributed by atoms with van der Waals surface area (Å²) in [6.45, 7) is 5.17. The van der Waals surface area contributed by atoms with Gasteiger partial charge in [0.15, 0.2) is 0 Å². The van der Waals surface area contributed by atoms with E-state index in [0.29, 0.717) is 0 Å². The summed E-state index contributed by atoms with van der Waals surface area (Å²) < 4.78 is 8.67. The Labute approximate surface area is 162 Å². The summed E-state index contributed by atoms with van der Waals surface area (Å²) in [4.78, 5) is 7.44. The van der Waals surface area contributed by atoms with Crippen LogP contribution in [-0.2, 0) is 6.54 Å². The number of nitrogens with one attached hydrogen (secondary N) is 1. The van der Waals surface area contributed by atoms with Gasteiger partial charge in [-0.2, -0.15) is 0 Å². The number of nitrogens with zero attached hydrogens (tertiary/aromatic N) is 3. The van der Waals surface area contributed by atoms with Crippen LogP contribution in [0, 0.1) is 0 Å². The molecule has 2 aromatic heterocycles. The predicted octanol–water partition coefficient (Wildman–Crippen LogP) is 3.57. The summed E-state index contributed by atoms with van der Waals surface area (Å²) in [5, 5.41) is 3.48. The summed E-state index contributed by atoms with van der Waals surface area (Å²) in [5.41, 5.74) is 4.30. The number of benzene rings is 1. The van der Waals surface area contributed by atoms with Crippen molar-refractivity contribution in [2.24, 2.45) is 0 Å². The highest BCUT2D eigenvalue weighted by Crippen LogP contribution is 2.29. The van der Waals surface area contributed by atoms with Gasteiger partial charge in [-0.15, -0.1) is 0 Å². The van der Waals surface area contributed by atoms with E-state index in [0.717, 1.165) is 59.9 Å². The Morgan fingerprint density at radius 3 is 3.00 bits per heavy atom. The first kappa shape index (κ1) is 17.5. The van der Waals surface area contributed by atoms with Gasteiger partial charge < -0.3 is 14.5 Å². The van der Waals surface area contributed by atoms with Crippen LogP contribution in [0.25, 0.3) is 16.9 Å². The number of fused-ring (bicyclic) bond motifs is 1. The van der Waals surface area contributed by atoms with E-state index in [-0.39, 0.29) is 0 Å². The number of ether oxygens (including phenoxy) is 1. The molecular weight excluding hydrogens is 392 g/mol. The molecule has 4 rings (SSSR count). The van der Waals surface area contributed by atoms with Gasteiger partial charge in [0.25, 0.3) is 0 Å². The molecule has 0 amide bonds. The predicted molar refractivity (Wildman–Crippen MR) is 108 cm³/mol. The van der Waals surface area contributed by atoms with Crippen molar-refractivity contribution < 1.29 is 4.74 Å². The molecule has 1 aromatic carbocycles. The highest BCUT2D eigenvalue weighted by Gasteiger charge is 2.18. The molecule has 0 spiro atoms. The molecule has 6 heteroatoms. The number of pyridine rings is 1. The Balaban J connectivity index is 1.80. The van der Waals surface area contributed by atoms with Crippen molar-refractivity contribution in [1.29, 1.82) is 0 Å². The van der Waals surface area contributed by atoms with Crippen LogP contribution in [0.2, 0.25) is 0 Å². The molecule has 0 aliphatic carbocycles. The van der Waals surface area contributed by atoms with Gasteiger partial charge in [-0.25, -0.2) is 4.98 Å². The molecule has 3 aromatic rings. The Bertz CT molecular complexity index is 900. The molecule has 0 radical (unpaired) electrons. The van der Waals surface area contributed by atoms with E-state index in [1.165, 1.54) is 12.1 Å². The van der Waals surface area contributed by atoms with Crippen LogP contribution in [-0.4, -0.2) is 47.6 Å². The third-order valence-corrected chi connectivity index (χ3v) is 5.30. The number of imidazole rings is 1. The third kappa shape index (κ3) is 3.63. The maximum Gasteiger partial charge on any atom is 0.137 e. The zero-order valence-corrected chi connectivity index (χ0v) is 16.5. The first-order chi connectivity index (χ1) is 12.7. The number of hydrogen-bond acceptors (Lipinski definition) is 4. The number of methoxy groups -OCH3 is 1. The number of hydrogen-bond donors (Lipinski definition) is 1. The fourth-order valence-electron chi connectivity index (χ4n) is 3.49. The van der Waals surface area contributed by atoms with E-state index in [1.807, 2.05) is 18.2 Å². The second-order valence-corrected chi connectivity index (χ2v) is 7.51. The molecule has 0 bridgehead atoms. The minimum absolute atomic E-state index is 0.852.